The minimum absolute atomic E-state index is 0.167. The van der Waals surface area contributed by atoms with E-state index in [1.165, 1.54) is 12.0 Å². The highest BCUT2D eigenvalue weighted by Gasteiger charge is 2.23. The molecule has 7 heteroatoms. The maximum Gasteiger partial charge on any atom is 0.325 e. The Hall–Kier alpha value is -2.57. The molecule has 0 unspecified atom stereocenters. The van der Waals surface area contributed by atoms with E-state index in [1.54, 1.807) is 49.6 Å². The highest BCUT2D eigenvalue weighted by atomic mass is 35.5. The molecule has 1 amide bonds. The van der Waals surface area contributed by atoms with E-state index >= 15 is 0 Å². The number of hydrogen-bond donors (Lipinski definition) is 0. The zero-order valence-electron chi connectivity index (χ0n) is 15.3. The summed E-state index contributed by atoms with van der Waals surface area (Å²) in [4.78, 5) is 26.3. The van der Waals surface area contributed by atoms with Crippen molar-refractivity contribution in [3.05, 3.63) is 64.7 Å². The number of carbonyl (C=O) groups is 2. The fourth-order valence-corrected chi connectivity index (χ4v) is 2.62. The minimum Gasteiger partial charge on any atom is -0.490 e. The number of rotatable bonds is 9. The summed E-state index contributed by atoms with van der Waals surface area (Å²) in [5.41, 5.74) is 1.08. The standard InChI is InChI=1S/C20H22ClNO5/c1-25-11-12-27-18-10-6-4-8-16(18)20(24)22(14-19(23)26-2)13-15-7-3-5-9-17(15)21/h3-10H,11-14H2,1-2H3. The third-order valence-electron chi connectivity index (χ3n) is 3.82. The molecule has 0 aliphatic heterocycles. The highest BCUT2D eigenvalue weighted by Crippen LogP contribution is 2.23. The first-order chi connectivity index (χ1) is 13.1. The number of ether oxygens (including phenoxy) is 3. The SMILES string of the molecule is COCCOc1ccccc1C(=O)N(CC(=O)OC)Cc1ccccc1Cl. The van der Waals surface area contributed by atoms with Gasteiger partial charge >= 0.3 is 5.97 Å². The van der Waals surface area contributed by atoms with Gasteiger partial charge in [0.25, 0.3) is 5.91 Å². The highest BCUT2D eigenvalue weighted by molar-refractivity contribution is 6.31. The molecule has 6 nitrogen and oxygen atoms in total. The molecule has 0 aliphatic carbocycles. The van der Waals surface area contributed by atoms with Gasteiger partial charge in [0.1, 0.15) is 18.9 Å². The van der Waals surface area contributed by atoms with E-state index in [0.29, 0.717) is 29.5 Å². The maximum absolute atomic E-state index is 13.1. The predicted molar refractivity (Wildman–Crippen MR) is 102 cm³/mol. The van der Waals surface area contributed by atoms with E-state index in [0.717, 1.165) is 5.56 Å². The molecule has 27 heavy (non-hydrogen) atoms. The molecular weight excluding hydrogens is 370 g/mol. The lowest BCUT2D eigenvalue weighted by molar-refractivity contribution is -0.141. The van der Waals surface area contributed by atoms with Crippen molar-refractivity contribution in [2.45, 2.75) is 6.54 Å². The van der Waals surface area contributed by atoms with Crippen molar-refractivity contribution in [1.29, 1.82) is 0 Å². The van der Waals surface area contributed by atoms with Gasteiger partial charge in [-0.2, -0.15) is 0 Å². The molecule has 0 heterocycles. The molecule has 0 saturated heterocycles. The van der Waals surface area contributed by atoms with E-state index in [-0.39, 0.29) is 19.0 Å². The molecule has 0 fully saturated rings. The Morgan fingerprint density at radius 3 is 2.41 bits per heavy atom. The van der Waals surface area contributed by atoms with Gasteiger partial charge in [-0.1, -0.05) is 41.9 Å². The largest absolute Gasteiger partial charge is 0.490 e. The molecule has 0 spiro atoms. The van der Waals surface area contributed by atoms with Gasteiger partial charge in [-0.25, -0.2) is 0 Å². The molecule has 0 saturated carbocycles. The Morgan fingerprint density at radius 2 is 1.70 bits per heavy atom. The molecule has 0 aliphatic rings. The second-order valence-electron chi connectivity index (χ2n) is 5.67. The third-order valence-corrected chi connectivity index (χ3v) is 4.19. The molecule has 2 aromatic rings. The number of hydrogen-bond acceptors (Lipinski definition) is 5. The number of methoxy groups -OCH3 is 2. The summed E-state index contributed by atoms with van der Waals surface area (Å²) < 4.78 is 15.3. The van der Waals surface area contributed by atoms with Crippen LogP contribution in [0.25, 0.3) is 0 Å². The molecular formula is C20H22ClNO5. The van der Waals surface area contributed by atoms with Crippen molar-refractivity contribution in [3.63, 3.8) is 0 Å². The average molecular weight is 392 g/mol. The molecule has 0 N–H and O–H groups in total. The van der Waals surface area contributed by atoms with Crippen LogP contribution in [-0.2, 0) is 20.8 Å². The summed E-state index contributed by atoms with van der Waals surface area (Å²) in [5.74, 6) is -0.449. The van der Waals surface area contributed by atoms with E-state index in [2.05, 4.69) is 0 Å². The molecule has 2 rings (SSSR count). The minimum atomic E-state index is -0.520. The summed E-state index contributed by atoms with van der Waals surface area (Å²) in [6, 6.07) is 14.0. The van der Waals surface area contributed by atoms with Crippen LogP contribution in [-0.4, -0.2) is 50.8 Å². The summed E-state index contributed by atoms with van der Waals surface area (Å²) in [5, 5.41) is 0.518. The summed E-state index contributed by atoms with van der Waals surface area (Å²) in [7, 11) is 2.85. The number of nitrogens with zero attached hydrogens (tertiary/aromatic N) is 1. The molecule has 0 atom stereocenters. The van der Waals surface area contributed by atoms with Crippen LogP contribution in [0.4, 0.5) is 0 Å². The number of esters is 1. The normalized spacial score (nSPS) is 10.3. The van der Waals surface area contributed by atoms with E-state index in [9.17, 15) is 9.59 Å². The Balaban J connectivity index is 2.28. The van der Waals surface area contributed by atoms with Gasteiger partial charge in [0, 0.05) is 18.7 Å². The van der Waals surface area contributed by atoms with Gasteiger partial charge in [0.2, 0.25) is 0 Å². The van der Waals surface area contributed by atoms with Crippen LogP contribution in [0.3, 0.4) is 0 Å². The lowest BCUT2D eigenvalue weighted by atomic mass is 10.1. The van der Waals surface area contributed by atoms with Crippen LogP contribution in [0.5, 0.6) is 5.75 Å². The smallest absolute Gasteiger partial charge is 0.325 e. The van der Waals surface area contributed by atoms with Crippen LogP contribution >= 0.6 is 11.6 Å². The van der Waals surface area contributed by atoms with Crippen LogP contribution in [0, 0.1) is 0 Å². The third kappa shape index (κ3) is 5.98. The zero-order valence-corrected chi connectivity index (χ0v) is 16.1. The Bertz CT molecular complexity index is 780. The first-order valence-electron chi connectivity index (χ1n) is 8.37. The van der Waals surface area contributed by atoms with Crippen LogP contribution in [0.2, 0.25) is 5.02 Å². The summed E-state index contributed by atoms with van der Waals surface area (Å²) >= 11 is 6.21. The van der Waals surface area contributed by atoms with Crippen molar-refractivity contribution in [2.75, 3.05) is 34.0 Å². The Labute approximate surface area is 163 Å². The topological polar surface area (TPSA) is 65.1 Å². The maximum atomic E-state index is 13.1. The lowest BCUT2D eigenvalue weighted by Gasteiger charge is -2.23. The second kappa shape index (κ2) is 10.5. The quantitative estimate of drug-likeness (QED) is 0.485. The number of benzene rings is 2. The van der Waals surface area contributed by atoms with Crippen LogP contribution in [0.15, 0.2) is 48.5 Å². The van der Waals surface area contributed by atoms with Gasteiger partial charge in [0.15, 0.2) is 0 Å². The van der Waals surface area contributed by atoms with E-state index in [4.69, 9.17) is 25.8 Å². The van der Waals surface area contributed by atoms with Gasteiger partial charge < -0.3 is 19.1 Å². The van der Waals surface area contributed by atoms with Crippen LogP contribution < -0.4 is 4.74 Å². The Morgan fingerprint density at radius 1 is 1.00 bits per heavy atom. The number of para-hydroxylation sites is 1. The molecule has 2 aromatic carbocycles. The molecule has 144 valence electrons. The predicted octanol–water partition coefficient (Wildman–Crippen LogP) is 3.18. The number of amides is 1. The van der Waals surface area contributed by atoms with Gasteiger partial charge in [-0.3, -0.25) is 9.59 Å². The van der Waals surface area contributed by atoms with Gasteiger partial charge in [0.05, 0.1) is 19.3 Å². The first-order valence-corrected chi connectivity index (χ1v) is 8.75. The summed E-state index contributed by atoms with van der Waals surface area (Å²) in [6.45, 7) is 0.670. The molecule has 0 radical (unpaired) electrons. The fourth-order valence-electron chi connectivity index (χ4n) is 2.43. The van der Waals surface area contributed by atoms with Gasteiger partial charge in [-0.15, -0.1) is 0 Å². The number of halogens is 1. The second-order valence-corrected chi connectivity index (χ2v) is 6.07. The fraction of sp³-hybridized carbons (Fsp3) is 0.300. The Kier molecular flexibility index (Phi) is 8.10. The molecule has 0 aromatic heterocycles. The van der Waals surface area contributed by atoms with Crippen molar-refractivity contribution in [3.8, 4) is 5.75 Å². The van der Waals surface area contributed by atoms with Gasteiger partial charge in [-0.05, 0) is 23.8 Å². The van der Waals surface area contributed by atoms with Crippen molar-refractivity contribution in [2.24, 2.45) is 0 Å². The zero-order chi connectivity index (χ0) is 19.6. The van der Waals surface area contributed by atoms with Crippen molar-refractivity contribution in [1.82, 2.24) is 4.90 Å². The molecule has 0 bridgehead atoms. The van der Waals surface area contributed by atoms with E-state index < -0.39 is 5.97 Å². The first kappa shape index (κ1) is 20.7. The van der Waals surface area contributed by atoms with Crippen molar-refractivity contribution >= 4 is 23.5 Å². The van der Waals surface area contributed by atoms with Crippen LogP contribution in [0.1, 0.15) is 15.9 Å². The monoisotopic (exact) mass is 391 g/mol. The average Bonchev–Trinajstić information content (AvgIpc) is 2.69. The van der Waals surface area contributed by atoms with Crippen molar-refractivity contribution < 1.29 is 23.8 Å². The number of carbonyl (C=O) groups excluding carboxylic acids is 2. The van der Waals surface area contributed by atoms with E-state index in [1.807, 2.05) is 6.07 Å². The lowest BCUT2D eigenvalue weighted by Crippen LogP contribution is -2.36. The summed E-state index contributed by atoms with van der Waals surface area (Å²) in [6.07, 6.45) is 0.